The molecule has 3 N–H and O–H groups in total. The zero-order valence-electron chi connectivity index (χ0n) is 11.1. The topological polar surface area (TPSA) is 71.2 Å². The van der Waals surface area contributed by atoms with Crippen molar-refractivity contribution in [1.82, 2.24) is 15.2 Å². The summed E-state index contributed by atoms with van der Waals surface area (Å²) in [6, 6.07) is 1.94. The maximum absolute atomic E-state index is 11.3. The van der Waals surface area contributed by atoms with Gasteiger partial charge in [0.1, 0.15) is 5.15 Å². The monoisotopic (exact) mass is 316 g/mol. The van der Waals surface area contributed by atoms with Crippen LogP contribution in [0.25, 0.3) is 0 Å². The summed E-state index contributed by atoms with van der Waals surface area (Å²) in [7, 11) is 0. The van der Waals surface area contributed by atoms with E-state index < -0.39 is 0 Å². The first-order valence-corrected chi connectivity index (χ1v) is 7.35. The molecule has 1 saturated heterocycles. The van der Waals surface area contributed by atoms with Gasteiger partial charge in [-0.2, -0.15) is 0 Å². The average Bonchev–Trinajstić information content (AvgIpc) is 2.41. The summed E-state index contributed by atoms with van der Waals surface area (Å²) in [6.07, 6.45) is 3.64. The number of hydrogen-bond acceptors (Lipinski definition) is 4. The van der Waals surface area contributed by atoms with Crippen LogP contribution in [0.5, 0.6) is 0 Å². The van der Waals surface area contributed by atoms with Gasteiger partial charge < -0.3 is 11.1 Å². The molecule has 2 rings (SSSR count). The third kappa shape index (κ3) is 4.31. The summed E-state index contributed by atoms with van der Waals surface area (Å²) in [5, 5.41) is 4.23. The Balaban J connectivity index is 2.11. The van der Waals surface area contributed by atoms with Gasteiger partial charge in [0.15, 0.2) is 0 Å². The summed E-state index contributed by atoms with van der Waals surface area (Å²) in [5.41, 5.74) is 6.21. The van der Waals surface area contributed by atoms with E-state index in [1.165, 1.54) is 0 Å². The van der Waals surface area contributed by atoms with Crippen molar-refractivity contribution >= 4 is 29.1 Å². The molecule has 0 radical (unpaired) electrons. The highest BCUT2D eigenvalue weighted by molar-refractivity contribution is 6.34. The van der Waals surface area contributed by atoms with Gasteiger partial charge in [0, 0.05) is 29.4 Å². The van der Waals surface area contributed by atoms with Gasteiger partial charge in [-0.05, 0) is 32.0 Å². The van der Waals surface area contributed by atoms with E-state index in [9.17, 15) is 4.79 Å². The number of nitrogens with one attached hydrogen (secondary N) is 1. The first-order chi connectivity index (χ1) is 9.56. The number of primary amides is 1. The molecule has 1 fully saturated rings. The van der Waals surface area contributed by atoms with E-state index in [4.69, 9.17) is 28.9 Å². The number of hydrogen-bond donors (Lipinski definition) is 2. The van der Waals surface area contributed by atoms with Crippen LogP contribution in [0, 0.1) is 0 Å². The molecule has 20 heavy (non-hydrogen) atoms. The number of carbonyl (C=O) groups is 1. The highest BCUT2D eigenvalue weighted by atomic mass is 35.5. The van der Waals surface area contributed by atoms with E-state index in [0.29, 0.717) is 22.8 Å². The number of amides is 1. The van der Waals surface area contributed by atoms with Gasteiger partial charge >= 0.3 is 0 Å². The van der Waals surface area contributed by atoms with E-state index in [-0.39, 0.29) is 12.5 Å². The number of nitrogens with two attached hydrogens (primary N) is 1. The molecule has 1 amide bonds. The normalized spacial score (nSPS) is 16.6. The van der Waals surface area contributed by atoms with Crippen molar-refractivity contribution in [2.45, 2.75) is 25.4 Å². The van der Waals surface area contributed by atoms with Crippen LogP contribution in [-0.4, -0.2) is 41.5 Å². The van der Waals surface area contributed by atoms with Crippen LogP contribution >= 0.6 is 23.2 Å². The summed E-state index contributed by atoms with van der Waals surface area (Å²) >= 11 is 12.0. The number of pyridine rings is 1. The molecule has 1 aromatic rings. The lowest BCUT2D eigenvalue weighted by atomic mass is 10.0. The summed E-state index contributed by atoms with van der Waals surface area (Å²) in [4.78, 5) is 17.4. The highest BCUT2D eigenvalue weighted by Gasteiger charge is 2.23. The molecule has 5 nitrogen and oxygen atoms in total. The van der Waals surface area contributed by atoms with Crippen LogP contribution in [0.2, 0.25) is 10.2 Å². The Hall–Kier alpha value is -0.880. The van der Waals surface area contributed by atoms with Gasteiger partial charge in [-0.1, -0.05) is 23.2 Å². The van der Waals surface area contributed by atoms with Crippen molar-refractivity contribution in [3.05, 3.63) is 28.0 Å². The molecule has 7 heteroatoms. The number of rotatable bonds is 5. The Morgan fingerprint density at radius 2 is 2.15 bits per heavy atom. The molecular weight excluding hydrogens is 299 g/mol. The third-order valence-corrected chi connectivity index (χ3v) is 4.01. The van der Waals surface area contributed by atoms with E-state index in [1.54, 1.807) is 12.3 Å². The van der Waals surface area contributed by atoms with E-state index in [2.05, 4.69) is 15.2 Å². The summed E-state index contributed by atoms with van der Waals surface area (Å²) in [5.74, 6) is -0.332. The quantitative estimate of drug-likeness (QED) is 0.806. The van der Waals surface area contributed by atoms with E-state index in [1.807, 2.05) is 0 Å². The Morgan fingerprint density at radius 3 is 2.75 bits per heavy atom. The minimum absolute atomic E-state index is 0.226. The second kappa shape index (κ2) is 7.22. The standard InChI is InChI=1S/C13H18Cl2N4O/c14-11-5-12(15)18-6-9(11)7-19(8-13(16)20)10-1-3-17-4-2-10/h5-6,10,17H,1-4,7-8H2,(H2,16,20). The Labute approximate surface area is 128 Å². The van der Waals surface area contributed by atoms with Gasteiger partial charge in [0.05, 0.1) is 6.54 Å². The molecule has 1 aromatic heterocycles. The van der Waals surface area contributed by atoms with Gasteiger partial charge in [0.25, 0.3) is 0 Å². The minimum atomic E-state index is -0.332. The molecule has 0 aromatic carbocycles. The van der Waals surface area contributed by atoms with Gasteiger partial charge in [-0.25, -0.2) is 4.98 Å². The maximum Gasteiger partial charge on any atom is 0.231 e. The lowest BCUT2D eigenvalue weighted by Gasteiger charge is -2.34. The van der Waals surface area contributed by atoms with Crippen molar-refractivity contribution in [2.24, 2.45) is 5.73 Å². The molecule has 0 saturated carbocycles. The Kier molecular flexibility index (Phi) is 5.60. The summed E-state index contributed by atoms with van der Waals surface area (Å²) < 4.78 is 0. The molecular formula is C13H18Cl2N4O. The number of piperidine rings is 1. The molecule has 2 heterocycles. The van der Waals surface area contributed by atoms with E-state index in [0.717, 1.165) is 31.5 Å². The highest BCUT2D eigenvalue weighted by Crippen LogP contribution is 2.22. The molecule has 110 valence electrons. The lowest BCUT2D eigenvalue weighted by Crippen LogP contribution is -2.46. The molecule has 1 aliphatic rings. The lowest BCUT2D eigenvalue weighted by molar-refractivity contribution is -0.120. The van der Waals surface area contributed by atoms with Gasteiger partial charge in [-0.3, -0.25) is 9.69 Å². The Bertz CT molecular complexity index is 477. The fraction of sp³-hybridized carbons (Fsp3) is 0.538. The van der Waals surface area contributed by atoms with Crippen molar-refractivity contribution in [3.8, 4) is 0 Å². The van der Waals surface area contributed by atoms with Crippen LogP contribution in [0.3, 0.4) is 0 Å². The fourth-order valence-corrected chi connectivity index (χ4v) is 2.88. The number of nitrogens with zero attached hydrogens (tertiary/aromatic N) is 2. The first kappa shape index (κ1) is 15.5. The molecule has 0 bridgehead atoms. The SMILES string of the molecule is NC(=O)CN(Cc1cnc(Cl)cc1Cl)C1CCNCC1. The predicted octanol–water partition coefficient (Wildman–Crippen LogP) is 1.43. The maximum atomic E-state index is 11.3. The molecule has 1 aliphatic heterocycles. The smallest absolute Gasteiger partial charge is 0.231 e. The van der Waals surface area contributed by atoms with Crippen LogP contribution in [0.15, 0.2) is 12.3 Å². The van der Waals surface area contributed by atoms with Crippen LogP contribution in [0.4, 0.5) is 0 Å². The Morgan fingerprint density at radius 1 is 1.45 bits per heavy atom. The number of aromatic nitrogens is 1. The predicted molar refractivity (Wildman–Crippen MR) is 79.8 cm³/mol. The van der Waals surface area contributed by atoms with Crippen LogP contribution in [-0.2, 0) is 11.3 Å². The second-order valence-electron chi connectivity index (χ2n) is 4.95. The second-order valence-corrected chi connectivity index (χ2v) is 5.75. The minimum Gasteiger partial charge on any atom is -0.369 e. The van der Waals surface area contributed by atoms with Gasteiger partial charge in [-0.15, -0.1) is 0 Å². The van der Waals surface area contributed by atoms with Crippen molar-refractivity contribution in [1.29, 1.82) is 0 Å². The van der Waals surface area contributed by atoms with Crippen LogP contribution < -0.4 is 11.1 Å². The molecule has 0 atom stereocenters. The van der Waals surface area contributed by atoms with Crippen LogP contribution in [0.1, 0.15) is 18.4 Å². The van der Waals surface area contributed by atoms with Crippen molar-refractivity contribution in [3.63, 3.8) is 0 Å². The zero-order valence-corrected chi connectivity index (χ0v) is 12.6. The molecule has 0 unspecified atom stereocenters. The third-order valence-electron chi connectivity index (χ3n) is 3.45. The van der Waals surface area contributed by atoms with E-state index >= 15 is 0 Å². The molecule has 0 spiro atoms. The first-order valence-electron chi connectivity index (χ1n) is 6.59. The number of carbonyl (C=O) groups excluding carboxylic acids is 1. The average molecular weight is 317 g/mol. The largest absolute Gasteiger partial charge is 0.369 e. The van der Waals surface area contributed by atoms with Crippen molar-refractivity contribution < 1.29 is 4.79 Å². The number of halogens is 2. The zero-order chi connectivity index (χ0) is 14.5. The summed E-state index contributed by atoms with van der Waals surface area (Å²) in [6.45, 7) is 2.68. The fourth-order valence-electron chi connectivity index (χ4n) is 2.46. The van der Waals surface area contributed by atoms with Gasteiger partial charge in [0.2, 0.25) is 5.91 Å². The molecule has 0 aliphatic carbocycles. The van der Waals surface area contributed by atoms with Crippen molar-refractivity contribution in [2.75, 3.05) is 19.6 Å².